The molecule has 0 aliphatic carbocycles. The van der Waals surface area contributed by atoms with Crippen molar-refractivity contribution in [2.75, 3.05) is 23.7 Å². The number of benzene rings is 2. The highest BCUT2D eigenvalue weighted by Gasteiger charge is 2.13. The fraction of sp³-hybridized carbons (Fsp3) is 0.250. The Morgan fingerprint density at radius 3 is 2.72 bits per heavy atom. The van der Waals surface area contributed by atoms with E-state index >= 15 is 0 Å². The lowest BCUT2D eigenvalue weighted by atomic mass is 10.1. The first-order chi connectivity index (χ1) is 15.6. The highest BCUT2D eigenvalue weighted by atomic mass is 32.1. The van der Waals surface area contributed by atoms with Crippen LogP contribution in [0.4, 0.5) is 17.3 Å². The fourth-order valence-corrected chi connectivity index (χ4v) is 4.69. The molecule has 5 rings (SSSR count). The van der Waals surface area contributed by atoms with E-state index in [1.807, 2.05) is 35.8 Å². The molecule has 0 unspecified atom stereocenters. The fourth-order valence-electron chi connectivity index (χ4n) is 4.05. The summed E-state index contributed by atoms with van der Waals surface area (Å²) in [6.45, 7) is 4.61. The third-order valence-corrected chi connectivity index (χ3v) is 6.26. The van der Waals surface area contributed by atoms with Gasteiger partial charge in [-0.2, -0.15) is 0 Å². The van der Waals surface area contributed by atoms with E-state index in [4.69, 9.17) is 0 Å². The second kappa shape index (κ2) is 9.02. The molecule has 2 aromatic heterocycles. The summed E-state index contributed by atoms with van der Waals surface area (Å²) in [5.74, 6) is 0.429. The first-order valence-corrected chi connectivity index (χ1v) is 11.6. The van der Waals surface area contributed by atoms with Gasteiger partial charge in [-0.15, -0.1) is 11.3 Å². The predicted octanol–water partition coefficient (Wildman–Crippen LogP) is 5.05. The number of nitrogens with one attached hydrogen (secondary N) is 2. The summed E-state index contributed by atoms with van der Waals surface area (Å²) in [4.78, 5) is 27.6. The van der Waals surface area contributed by atoms with Gasteiger partial charge in [-0.25, -0.2) is 15.0 Å². The summed E-state index contributed by atoms with van der Waals surface area (Å²) in [6.07, 6.45) is 6.11. The van der Waals surface area contributed by atoms with Crippen LogP contribution in [0.3, 0.4) is 0 Å². The summed E-state index contributed by atoms with van der Waals surface area (Å²) in [6, 6.07) is 12.1. The maximum atomic E-state index is 11.6. The monoisotopic (exact) mass is 444 g/mol. The van der Waals surface area contributed by atoms with Gasteiger partial charge in [0, 0.05) is 53.6 Å². The molecule has 32 heavy (non-hydrogen) atoms. The van der Waals surface area contributed by atoms with Crippen LogP contribution in [0.15, 0.2) is 54.2 Å². The third kappa shape index (κ3) is 4.76. The van der Waals surface area contributed by atoms with Crippen molar-refractivity contribution in [3.05, 3.63) is 59.7 Å². The number of carbonyl (C=O) groups excluding carboxylic acids is 1. The van der Waals surface area contributed by atoms with Crippen LogP contribution in [-0.4, -0.2) is 38.8 Å². The van der Waals surface area contributed by atoms with Crippen LogP contribution in [0.25, 0.3) is 21.5 Å². The molecular weight excluding hydrogens is 420 g/mol. The molecule has 1 amide bonds. The van der Waals surface area contributed by atoms with E-state index in [0.29, 0.717) is 5.95 Å². The van der Waals surface area contributed by atoms with Gasteiger partial charge in [0.15, 0.2) is 0 Å². The van der Waals surface area contributed by atoms with E-state index in [1.165, 1.54) is 19.8 Å². The lowest BCUT2D eigenvalue weighted by Crippen LogP contribution is -2.18. The molecule has 162 valence electrons. The number of anilines is 3. The highest BCUT2D eigenvalue weighted by Crippen LogP contribution is 2.27. The van der Waals surface area contributed by atoms with Crippen LogP contribution in [-0.2, 0) is 11.3 Å². The van der Waals surface area contributed by atoms with Crippen molar-refractivity contribution < 1.29 is 4.79 Å². The van der Waals surface area contributed by atoms with Gasteiger partial charge in [0.25, 0.3) is 0 Å². The molecule has 4 aromatic rings. The Morgan fingerprint density at radius 2 is 1.94 bits per heavy atom. The van der Waals surface area contributed by atoms with Gasteiger partial charge in [-0.1, -0.05) is 0 Å². The maximum Gasteiger partial charge on any atom is 0.227 e. The zero-order chi connectivity index (χ0) is 21.9. The minimum Gasteiger partial charge on any atom is -0.326 e. The molecule has 1 aliphatic heterocycles. The van der Waals surface area contributed by atoms with Gasteiger partial charge in [0.2, 0.25) is 11.9 Å². The molecule has 0 spiro atoms. The number of aromatic nitrogens is 3. The molecule has 2 aromatic carbocycles. The second-order valence-electron chi connectivity index (χ2n) is 8.01. The van der Waals surface area contributed by atoms with Crippen LogP contribution < -0.4 is 10.6 Å². The van der Waals surface area contributed by atoms with E-state index in [0.717, 1.165) is 58.0 Å². The van der Waals surface area contributed by atoms with E-state index < -0.39 is 0 Å². The minimum atomic E-state index is -0.0905. The normalized spacial score (nSPS) is 14.0. The number of thiazole rings is 1. The average Bonchev–Trinajstić information content (AvgIpc) is 3.47. The van der Waals surface area contributed by atoms with Crippen LogP contribution in [0.2, 0.25) is 0 Å². The Morgan fingerprint density at radius 1 is 1.09 bits per heavy atom. The smallest absolute Gasteiger partial charge is 0.227 e. The number of hydrogen-bond acceptors (Lipinski definition) is 7. The summed E-state index contributed by atoms with van der Waals surface area (Å²) in [5.41, 5.74) is 4.69. The lowest BCUT2D eigenvalue weighted by molar-refractivity contribution is -0.114. The Labute approximate surface area is 190 Å². The second-order valence-corrected chi connectivity index (χ2v) is 8.91. The zero-order valence-electron chi connectivity index (χ0n) is 17.8. The quantitative estimate of drug-likeness (QED) is 0.433. The SMILES string of the molecule is CC(=O)Nc1cc(CN2CCCC2)cc(Nc2ncc3cc(-c4nccs4)ccc3n2)c1. The van der Waals surface area contributed by atoms with Gasteiger partial charge in [-0.05, 0) is 67.9 Å². The summed E-state index contributed by atoms with van der Waals surface area (Å²) >= 11 is 1.61. The molecule has 0 radical (unpaired) electrons. The predicted molar refractivity (Wildman–Crippen MR) is 129 cm³/mol. The van der Waals surface area contributed by atoms with Gasteiger partial charge in [0.05, 0.1) is 5.52 Å². The summed E-state index contributed by atoms with van der Waals surface area (Å²) in [7, 11) is 0. The van der Waals surface area contributed by atoms with Crippen LogP contribution in [0, 0.1) is 0 Å². The van der Waals surface area contributed by atoms with E-state index in [-0.39, 0.29) is 5.91 Å². The first-order valence-electron chi connectivity index (χ1n) is 10.7. The zero-order valence-corrected chi connectivity index (χ0v) is 18.7. The summed E-state index contributed by atoms with van der Waals surface area (Å²) < 4.78 is 0. The third-order valence-electron chi connectivity index (χ3n) is 5.43. The number of fused-ring (bicyclic) bond motifs is 1. The molecule has 1 saturated heterocycles. The number of carbonyl (C=O) groups is 1. The molecule has 0 saturated carbocycles. The molecule has 7 nitrogen and oxygen atoms in total. The maximum absolute atomic E-state index is 11.6. The number of rotatable bonds is 6. The van der Waals surface area contributed by atoms with Gasteiger partial charge >= 0.3 is 0 Å². The molecule has 1 fully saturated rings. The minimum absolute atomic E-state index is 0.0905. The Balaban J connectivity index is 1.41. The topological polar surface area (TPSA) is 83.0 Å². The van der Waals surface area contributed by atoms with Gasteiger partial charge in [0.1, 0.15) is 5.01 Å². The van der Waals surface area contributed by atoms with Crippen molar-refractivity contribution in [2.45, 2.75) is 26.3 Å². The van der Waals surface area contributed by atoms with Crippen molar-refractivity contribution in [3.63, 3.8) is 0 Å². The standard InChI is InChI=1S/C24H24N6OS/c1-16(31)27-20-10-17(15-30-7-2-3-8-30)11-21(13-20)28-24-26-14-19-12-18(4-5-22(19)29-24)23-25-6-9-32-23/h4-6,9-14H,2-3,7-8,15H2,1H3,(H,27,31)(H,26,28,29). The highest BCUT2D eigenvalue weighted by molar-refractivity contribution is 7.13. The molecule has 3 heterocycles. The van der Waals surface area contributed by atoms with Crippen molar-refractivity contribution in [3.8, 4) is 10.6 Å². The number of likely N-dealkylation sites (tertiary alicyclic amines) is 1. The summed E-state index contributed by atoms with van der Waals surface area (Å²) in [5, 5.41) is 10.1. The van der Waals surface area contributed by atoms with Crippen LogP contribution >= 0.6 is 11.3 Å². The largest absolute Gasteiger partial charge is 0.326 e. The van der Waals surface area contributed by atoms with Crippen LogP contribution in [0.5, 0.6) is 0 Å². The Bertz CT molecular complexity index is 1250. The van der Waals surface area contributed by atoms with E-state index in [9.17, 15) is 4.79 Å². The Kier molecular flexibility index (Phi) is 5.79. The molecule has 8 heteroatoms. The molecule has 1 aliphatic rings. The van der Waals surface area contributed by atoms with Crippen molar-refractivity contribution in [1.29, 1.82) is 0 Å². The number of hydrogen-bond donors (Lipinski definition) is 2. The average molecular weight is 445 g/mol. The van der Waals surface area contributed by atoms with Crippen molar-refractivity contribution in [1.82, 2.24) is 19.9 Å². The van der Waals surface area contributed by atoms with Gasteiger partial charge in [-0.3, -0.25) is 9.69 Å². The lowest BCUT2D eigenvalue weighted by Gasteiger charge is -2.17. The van der Waals surface area contributed by atoms with Gasteiger partial charge < -0.3 is 10.6 Å². The Hall–Kier alpha value is -3.36. The van der Waals surface area contributed by atoms with E-state index in [2.05, 4.69) is 42.6 Å². The molecule has 0 bridgehead atoms. The molecule has 0 atom stereocenters. The van der Waals surface area contributed by atoms with E-state index in [1.54, 1.807) is 17.5 Å². The first kappa shape index (κ1) is 20.5. The molecule has 2 N–H and O–H groups in total. The van der Waals surface area contributed by atoms with Crippen molar-refractivity contribution >= 4 is 45.5 Å². The number of nitrogens with zero attached hydrogens (tertiary/aromatic N) is 4. The molecular formula is C24H24N6OS. The number of amides is 1. The van der Waals surface area contributed by atoms with Crippen LogP contribution in [0.1, 0.15) is 25.3 Å². The van der Waals surface area contributed by atoms with Crippen molar-refractivity contribution in [2.24, 2.45) is 0 Å².